The fraction of sp³-hybridized carbons (Fsp3) is 0.760. The maximum Gasteiger partial charge on any atom is 0.511 e. The quantitative estimate of drug-likeness (QED) is 0.527. The summed E-state index contributed by atoms with van der Waals surface area (Å²) in [5.41, 5.74) is -0.176. The fourth-order valence-corrected chi connectivity index (χ4v) is 7.15. The summed E-state index contributed by atoms with van der Waals surface area (Å²) in [4.78, 5) is 24.1. The maximum absolute atomic E-state index is 15.6. The van der Waals surface area contributed by atoms with E-state index in [9.17, 15) is 14.7 Å². The first-order valence-electron chi connectivity index (χ1n) is 11.7. The van der Waals surface area contributed by atoms with Gasteiger partial charge in [0, 0.05) is 17.3 Å². The van der Waals surface area contributed by atoms with Gasteiger partial charge in [-0.15, -0.1) is 0 Å². The molecule has 0 radical (unpaired) electrons. The molecule has 4 aliphatic rings. The molecular weight excluding hydrogens is 397 g/mol. The second-order valence-electron chi connectivity index (χ2n) is 11.8. The van der Waals surface area contributed by atoms with Crippen molar-refractivity contribution in [2.24, 2.45) is 34.0 Å². The molecule has 4 unspecified atom stereocenters. The summed E-state index contributed by atoms with van der Waals surface area (Å²) in [7, 11) is 0. The lowest BCUT2D eigenvalue weighted by Gasteiger charge is -2.57. The van der Waals surface area contributed by atoms with E-state index in [4.69, 9.17) is 4.74 Å². The van der Waals surface area contributed by atoms with Crippen molar-refractivity contribution in [1.29, 1.82) is 0 Å². The van der Waals surface area contributed by atoms with Crippen LogP contribution in [0.25, 0.3) is 0 Å². The van der Waals surface area contributed by atoms with E-state index in [0.29, 0.717) is 41.6 Å². The van der Waals surface area contributed by atoms with Gasteiger partial charge in [-0.05, 0) is 66.9 Å². The Kier molecular flexibility index (Phi) is 5.30. The van der Waals surface area contributed by atoms with Crippen LogP contribution in [-0.2, 0) is 9.53 Å². The molecule has 4 rings (SSSR count). The topological polar surface area (TPSA) is 75.6 Å². The van der Waals surface area contributed by atoms with Crippen LogP contribution in [0, 0.1) is 34.0 Å². The summed E-state index contributed by atoms with van der Waals surface area (Å²) in [6, 6.07) is -0.583. The van der Waals surface area contributed by atoms with E-state index in [-0.39, 0.29) is 17.5 Å². The van der Waals surface area contributed by atoms with E-state index in [0.717, 1.165) is 12.8 Å². The average molecular weight is 434 g/mol. The third-order valence-corrected chi connectivity index (χ3v) is 8.81. The molecule has 0 aromatic heterocycles. The second kappa shape index (κ2) is 7.35. The van der Waals surface area contributed by atoms with Crippen molar-refractivity contribution < 1.29 is 23.8 Å². The molecule has 4 aliphatic carbocycles. The Morgan fingerprint density at radius 2 is 1.90 bits per heavy atom. The normalized spacial score (nSPS) is 39.7. The monoisotopic (exact) mass is 433 g/mol. The minimum absolute atomic E-state index is 0.118. The van der Waals surface area contributed by atoms with Crippen LogP contribution in [0.4, 0.5) is 9.18 Å². The van der Waals surface area contributed by atoms with Gasteiger partial charge in [0.15, 0.2) is 0 Å². The van der Waals surface area contributed by atoms with Crippen molar-refractivity contribution in [3.8, 4) is 0 Å². The van der Waals surface area contributed by atoms with Crippen molar-refractivity contribution in [2.75, 3.05) is 0 Å². The number of nitrogens with one attached hydrogen (secondary N) is 1. The van der Waals surface area contributed by atoms with Gasteiger partial charge in [-0.3, -0.25) is 4.79 Å². The SMILES string of the molecule is CC(C)(C)C(=O)NC1C[C@@]2(C)C(=C(F)CC3C4CCC[C@@]4(C)CCC32)C=C1OC(=O)O. The third kappa shape index (κ3) is 3.70. The Morgan fingerprint density at radius 1 is 1.19 bits per heavy atom. The van der Waals surface area contributed by atoms with Gasteiger partial charge in [-0.25, -0.2) is 9.18 Å². The zero-order valence-electron chi connectivity index (χ0n) is 19.4. The lowest BCUT2D eigenvalue weighted by Crippen LogP contribution is -2.53. The molecule has 31 heavy (non-hydrogen) atoms. The Morgan fingerprint density at radius 3 is 2.55 bits per heavy atom. The van der Waals surface area contributed by atoms with Gasteiger partial charge in [-0.1, -0.05) is 41.0 Å². The molecule has 6 heteroatoms. The zero-order chi connectivity index (χ0) is 22.8. The van der Waals surface area contributed by atoms with Crippen molar-refractivity contribution in [3.63, 3.8) is 0 Å². The lowest BCUT2D eigenvalue weighted by molar-refractivity contribution is -0.129. The molecule has 0 spiro atoms. The third-order valence-electron chi connectivity index (χ3n) is 8.81. The largest absolute Gasteiger partial charge is 0.511 e. The lowest BCUT2D eigenvalue weighted by atomic mass is 9.48. The average Bonchev–Trinajstić information content (AvgIpc) is 3.04. The van der Waals surface area contributed by atoms with Crippen molar-refractivity contribution in [1.82, 2.24) is 5.32 Å². The van der Waals surface area contributed by atoms with Gasteiger partial charge in [0.1, 0.15) is 11.6 Å². The maximum atomic E-state index is 15.6. The predicted molar refractivity (Wildman–Crippen MR) is 116 cm³/mol. The van der Waals surface area contributed by atoms with E-state index in [1.54, 1.807) is 6.08 Å². The van der Waals surface area contributed by atoms with Crippen LogP contribution in [0.5, 0.6) is 0 Å². The molecule has 0 aromatic rings. The summed E-state index contributed by atoms with van der Waals surface area (Å²) in [5, 5.41) is 12.2. The summed E-state index contributed by atoms with van der Waals surface area (Å²) in [6.45, 7) is 9.95. The van der Waals surface area contributed by atoms with Crippen LogP contribution in [-0.4, -0.2) is 23.2 Å². The minimum Gasteiger partial charge on any atom is -0.449 e. The molecule has 2 saturated carbocycles. The molecule has 0 heterocycles. The zero-order valence-corrected chi connectivity index (χ0v) is 19.4. The Balaban J connectivity index is 1.73. The number of allylic oxidation sites excluding steroid dienone is 3. The number of hydrogen-bond donors (Lipinski definition) is 2. The molecule has 0 aromatic carbocycles. The fourth-order valence-electron chi connectivity index (χ4n) is 7.15. The van der Waals surface area contributed by atoms with Gasteiger partial charge >= 0.3 is 6.16 Å². The Hall–Kier alpha value is -1.85. The summed E-state index contributed by atoms with van der Waals surface area (Å²) in [5.74, 6) is 0.991. The molecule has 2 fully saturated rings. The summed E-state index contributed by atoms with van der Waals surface area (Å²) in [6.07, 6.45) is 6.85. The smallest absolute Gasteiger partial charge is 0.449 e. The molecule has 6 atom stereocenters. The van der Waals surface area contributed by atoms with E-state index >= 15 is 4.39 Å². The molecular formula is C25H36FNO4. The van der Waals surface area contributed by atoms with Crippen LogP contribution < -0.4 is 5.32 Å². The number of ether oxygens (including phenoxy) is 1. The van der Waals surface area contributed by atoms with Crippen LogP contribution in [0.3, 0.4) is 0 Å². The van der Waals surface area contributed by atoms with Crippen molar-refractivity contribution >= 4 is 12.1 Å². The van der Waals surface area contributed by atoms with Crippen LogP contribution in [0.15, 0.2) is 23.2 Å². The number of carbonyl (C=O) groups is 2. The number of halogens is 1. The number of hydrogen-bond acceptors (Lipinski definition) is 3. The van der Waals surface area contributed by atoms with Crippen molar-refractivity contribution in [3.05, 3.63) is 23.2 Å². The summed E-state index contributed by atoms with van der Waals surface area (Å²) >= 11 is 0. The van der Waals surface area contributed by atoms with Gasteiger partial charge < -0.3 is 15.2 Å². The first kappa shape index (κ1) is 22.3. The molecule has 172 valence electrons. The molecule has 2 N–H and O–H groups in total. The number of carboxylic acid groups (broad SMARTS) is 1. The molecule has 0 aliphatic heterocycles. The van der Waals surface area contributed by atoms with E-state index in [1.165, 1.54) is 19.3 Å². The van der Waals surface area contributed by atoms with Crippen LogP contribution >= 0.6 is 0 Å². The minimum atomic E-state index is -1.45. The van der Waals surface area contributed by atoms with Gasteiger partial charge in [0.05, 0.1) is 6.04 Å². The van der Waals surface area contributed by atoms with E-state index in [2.05, 4.69) is 19.2 Å². The number of fused-ring (bicyclic) bond motifs is 5. The van der Waals surface area contributed by atoms with Crippen molar-refractivity contribution in [2.45, 2.75) is 85.6 Å². The Bertz CT molecular complexity index is 856. The van der Waals surface area contributed by atoms with Gasteiger partial charge in [0.25, 0.3) is 0 Å². The van der Waals surface area contributed by atoms with E-state index < -0.39 is 23.0 Å². The Labute approximate surface area is 184 Å². The number of carbonyl (C=O) groups excluding carboxylic acids is 1. The van der Waals surface area contributed by atoms with Crippen LogP contribution in [0.1, 0.15) is 79.6 Å². The van der Waals surface area contributed by atoms with Gasteiger partial charge in [-0.2, -0.15) is 0 Å². The predicted octanol–water partition coefficient (Wildman–Crippen LogP) is 5.97. The summed E-state index contributed by atoms with van der Waals surface area (Å²) < 4.78 is 20.6. The second-order valence-corrected chi connectivity index (χ2v) is 11.8. The molecule has 0 bridgehead atoms. The first-order valence-corrected chi connectivity index (χ1v) is 11.7. The molecule has 1 amide bonds. The standard InChI is InChI=1S/C25H36FNO4/c1-23(2,3)21(28)27-19-13-25(5)16-8-10-24(4)9-6-7-15(24)14(16)11-18(26)17(25)12-20(19)31-22(29)30/h12,14-16,19H,6-11,13H2,1-5H3,(H,27,28)(H,29,30)/t14?,15?,16?,19?,24-,25+/m0/s1. The number of rotatable bonds is 2. The van der Waals surface area contributed by atoms with Gasteiger partial charge in [0.2, 0.25) is 5.91 Å². The number of amides is 1. The first-order chi connectivity index (χ1) is 14.3. The van der Waals surface area contributed by atoms with E-state index in [1.807, 2.05) is 20.8 Å². The highest BCUT2D eigenvalue weighted by Crippen LogP contribution is 2.65. The van der Waals surface area contributed by atoms with Crippen LogP contribution in [0.2, 0.25) is 0 Å². The highest BCUT2D eigenvalue weighted by atomic mass is 19.1. The highest BCUT2D eigenvalue weighted by Gasteiger charge is 2.58. The highest BCUT2D eigenvalue weighted by molar-refractivity contribution is 5.82. The molecule has 5 nitrogen and oxygen atoms in total. The molecule has 0 saturated heterocycles.